The van der Waals surface area contributed by atoms with Crippen molar-refractivity contribution in [3.05, 3.63) is 187 Å². The highest BCUT2D eigenvalue weighted by Gasteiger charge is 2.26. The topological polar surface area (TPSA) is 38.5 Å². The summed E-state index contributed by atoms with van der Waals surface area (Å²) in [5.74, 6) is 2.37. The predicted octanol–water partition coefficient (Wildman–Crippen LogP) is 13.9. The summed E-state index contributed by atoms with van der Waals surface area (Å²) < 4.78 is 11.6. The zero-order valence-electron chi connectivity index (χ0n) is 35.1. The van der Waals surface area contributed by atoms with Crippen molar-refractivity contribution in [3.8, 4) is 34.1 Å². The van der Waals surface area contributed by atoms with E-state index in [1.807, 2.05) is 18.3 Å². The number of anilines is 2. The van der Waals surface area contributed by atoms with Gasteiger partial charge < -0.3 is 19.1 Å². The van der Waals surface area contributed by atoms with E-state index in [0.717, 1.165) is 72.7 Å². The maximum Gasteiger partial charge on any atom is 0.137 e. The van der Waals surface area contributed by atoms with E-state index >= 15 is 0 Å². The van der Waals surface area contributed by atoms with Crippen LogP contribution in [0.3, 0.4) is 0 Å². The Kier molecular flexibility index (Phi) is 8.90. The van der Waals surface area contributed by atoms with E-state index in [0.29, 0.717) is 6.67 Å². The summed E-state index contributed by atoms with van der Waals surface area (Å²) in [5.41, 5.74) is 12.8. The first-order valence-corrected chi connectivity index (χ1v) is 20.8. The van der Waals surface area contributed by atoms with E-state index in [4.69, 9.17) is 9.72 Å². The van der Waals surface area contributed by atoms with Crippen molar-refractivity contribution >= 4 is 44.2 Å². The fraction of sp³-hybridized carbons (Fsp3) is 0.167. The molecule has 296 valence electrons. The Morgan fingerprint density at radius 2 is 1.08 bits per heavy atom. The molecule has 1 aliphatic heterocycles. The fourth-order valence-corrected chi connectivity index (χ4v) is 8.49. The lowest BCUT2D eigenvalue weighted by Crippen LogP contribution is -2.26. The Labute approximate surface area is 352 Å². The Balaban J connectivity index is 1.07. The molecule has 0 unspecified atom stereocenters. The molecule has 0 amide bonds. The van der Waals surface area contributed by atoms with Gasteiger partial charge >= 0.3 is 0 Å². The van der Waals surface area contributed by atoms with Crippen LogP contribution in [0.25, 0.3) is 55.5 Å². The SMILES string of the molecule is CC(C)(C)c1cc(N2C=CN(c3cc(Oc4ccc5c(c4)n(-c4ccccn4)c4c6ccccc6n(-c6ccccc6)c54)cc(-c4ccccc4)c3)C2)cc(C(C)(C)C)c1. The molecule has 0 radical (unpaired) electrons. The molecule has 6 nitrogen and oxygen atoms in total. The first-order chi connectivity index (χ1) is 29.0. The van der Waals surface area contributed by atoms with E-state index in [1.165, 1.54) is 16.8 Å². The molecule has 1 aliphatic rings. The lowest BCUT2D eigenvalue weighted by molar-refractivity contribution is 0.483. The monoisotopic (exact) mass is 783 g/mol. The van der Waals surface area contributed by atoms with Gasteiger partial charge in [-0.1, -0.05) is 120 Å². The minimum absolute atomic E-state index is 0.0313. The number of pyridine rings is 1. The average Bonchev–Trinajstić information content (AvgIpc) is 3.97. The van der Waals surface area contributed by atoms with Gasteiger partial charge in [0, 0.05) is 58.6 Å². The molecule has 3 aromatic heterocycles. The number of hydrogen-bond acceptors (Lipinski definition) is 4. The third-order valence-corrected chi connectivity index (χ3v) is 11.7. The summed E-state index contributed by atoms with van der Waals surface area (Å²) in [6, 6.07) is 56.0. The number of hydrogen-bond donors (Lipinski definition) is 0. The number of rotatable bonds is 7. The lowest BCUT2D eigenvalue weighted by Gasteiger charge is -2.29. The van der Waals surface area contributed by atoms with Crippen LogP contribution in [0.2, 0.25) is 0 Å². The van der Waals surface area contributed by atoms with Crippen LogP contribution < -0.4 is 14.5 Å². The van der Waals surface area contributed by atoms with Gasteiger partial charge in [-0.25, -0.2) is 4.98 Å². The van der Waals surface area contributed by atoms with Gasteiger partial charge in [0.15, 0.2) is 0 Å². The Morgan fingerprint density at radius 3 is 1.77 bits per heavy atom. The minimum atomic E-state index is 0.0313. The molecule has 60 heavy (non-hydrogen) atoms. The molecule has 0 saturated carbocycles. The van der Waals surface area contributed by atoms with Crippen LogP contribution in [0.5, 0.6) is 11.5 Å². The van der Waals surface area contributed by atoms with Gasteiger partial charge in [0.05, 0.1) is 28.7 Å². The lowest BCUT2D eigenvalue weighted by atomic mass is 9.80. The van der Waals surface area contributed by atoms with Gasteiger partial charge in [0.25, 0.3) is 0 Å². The Bertz CT molecular complexity index is 3020. The average molecular weight is 784 g/mol. The molecule has 0 bridgehead atoms. The number of para-hydroxylation sites is 2. The number of benzene rings is 6. The summed E-state index contributed by atoms with van der Waals surface area (Å²) in [6.45, 7) is 14.4. The van der Waals surface area contributed by atoms with Crippen LogP contribution >= 0.6 is 0 Å². The minimum Gasteiger partial charge on any atom is -0.457 e. The van der Waals surface area contributed by atoms with Crippen LogP contribution in [0.4, 0.5) is 11.4 Å². The maximum atomic E-state index is 6.93. The first-order valence-electron chi connectivity index (χ1n) is 20.8. The molecular weight excluding hydrogens is 735 g/mol. The van der Waals surface area contributed by atoms with Crippen molar-refractivity contribution in [3.63, 3.8) is 0 Å². The van der Waals surface area contributed by atoms with E-state index in [2.05, 4.69) is 218 Å². The molecule has 6 heteroatoms. The molecule has 0 N–H and O–H groups in total. The molecule has 0 fully saturated rings. The number of ether oxygens (including phenoxy) is 1. The zero-order valence-corrected chi connectivity index (χ0v) is 35.1. The van der Waals surface area contributed by atoms with Crippen molar-refractivity contribution < 1.29 is 4.74 Å². The van der Waals surface area contributed by atoms with Crippen molar-refractivity contribution in [2.75, 3.05) is 16.5 Å². The summed E-state index contributed by atoms with van der Waals surface area (Å²) >= 11 is 0. The van der Waals surface area contributed by atoms with E-state index in [-0.39, 0.29) is 10.8 Å². The smallest absolute Gasteiger partial charge is 0.137 e. The van der Waals surface area contributed by atoms with Gasteiger partial charge in [-0.2, -0.15) is 0 Å². The van der Waals surface area contributed by atoms with Gasteiger partial charge in [-0.15, -0.1) is 0 Å². The molecular formula is C54H49N5O. The molecule has 0 saturated heterocycles. The van der Waals surface area contributed by atoms with Gasteiger partial charge in [-0.05, 0) is 99.8 Å². The molecule has 10 rings (SSSR count). The normalized spacial score (nSPS) is 13.3. The van der Waals surface area contributed by atoms with E-state index in [1.54, 1.807) is 0 Å². The molecule has 0 aliphatic carbocycles. The van der Waals surface area contributed by atoms with Crippen LogP contribution in [0, 0.1) is 0 Å². The van der Waals surface area contributed by atoms with Gasteiger partial charge in [0.2, 0.25) is 0 Å². The number of fused-ring (bicyclic) bond motifs is 5. The van der Waals surface area contributed by atoms with Crippen LogP contribution in [-0.2, 0) is 10.8 Å². The summed E-state index contributed by atoms with van der Waals surface area (Å²) in [4.78, 5) is 9.53. The molecule has 9 aromatic rings. The van der Waals surface area contributed by atoms with Gasteiger partial charge in [-0.3, -0.25) is 4.57 Å². The highest BCUT2D eigenvalue weighted by atomic mass is 16.5. The highest BCUT2D eigenvalue weighted by molar-refractivity contribution is 6.20. The van der Waals surface area contributed by atoms with Crippen molar-refractivity contribution in [1.82, 2.24) is 14.1 Å². The molecule has 0 atom stereocenters. The second-order valence-electron chi connectivity index (χ2n) is 17.9. The molecule has 4 heterocycles. The van der Waals surface area contributed by atoms with Crippen LogP contribution in [0.1, 0.15) is 52.7 Å². The quantitative estimate of drug-likeness (QED) is 0.161. The number of nitrogens with zero attached hydrogens (tertiary/aromatic N) is 5. The van der Waals surface area contributed by atoms with Gasteiger partial charge in [0.1, 0.15) is 17.3 Å². The molecule has 0 spiro atoms. The largest absolute Gasteiger partial charge is 0.457 e. The standard InChI is InChI=1S/C54H49N5O/c1-53(2,3)39-31-40(54(4,5)6)33-43(32-39)57-28-27-56(36-57)42-29-38(37-17-9-7-10-18-37)30-45(34-42)60-44-24-25-47-49(35-44)59(50-23-15-16-26-55-50)52-46-21-13-14-22-48(46)58(51(47)52)41-19-11-8-12-20-41/h7-35H,36H2,1-6H3. The van der Waals surface area contributed by atoms with Crippen LogP contribution in [0.15, 0.2) is 176 Å². The van der Waals surface area contributed by atoms with E-state index < -0.39 is 0 Å². The maximum absolute atomic E-state index is 6.93. The third kappa shape index (κ3) is 6.68. The highest BCUT2D eigenvalue weighted by Crippen LogP contribution is 2.43. The zero-order chi connectivity index (χ0) is 41.2. The third-order valence-electron chi connectivity index (χ3n) is 11.7. The second-order valence-corrected chi connectivity index (χ2v) is 17.9. The molecule has 6 aromatic carbocycles. The second kappa shape index (κ2) is 14.3. The van der Waals surface area contributed by atoms with Crippen molar-refractivity contribution in [2.24, 2.45) is 0 Å². The fourth-order valence-electron chi connectivity index (χ4n) is 8.49. The summed E-state index contributed by atoms with van der Waals surface area (Å²) in [5, 5.41) is 2.28. The Hall–Kier alpha value is -7.05. The predicted molar refractivity (Wildman–Crippen MR) is 250 cm³/mol. The van der Waals surface area contributed by atoms with Crippen LogP contribution in [-0.4, -0.2) is 20.8 Å². The Morgan fingerprint density at radius 1 is 0.467 bits per heavy atom. The van der Waals surface area contributed by atoms with Crippen molar-refractivity contribution in [2.45, 2.75) is 52.4 Å². The van der Waals surface area contributed by atoms with Crippen molar-refractivity contribution in [1.29, 1.82) is 0 Å². The number of aromatic nitrogens is 3. The summed E-state index contributed by atoms with van der Waals surface area (Å²) in [6.07, 6.45) is 6.23. The van der Waals surface area contributed by atoms with E-state index in [9.17, 15) is 0 Å². The first kappa shape index (κ1) is 37.2. The summed E-state index contributed by atoms with van der Waals surface area (Å²) in [7, 11) is 0.